The van der Waals surface area contributed by atoms with Crippen molar-refractivity contribution >= 4 is 23.3 Å². The minimum Gasteiger partial charge on any atom is -0.383 e. The van der Waals surface area contributed by atoms with Crippen LogP contribution in [0.2, 0.25) is 0 Å². The van der Waals surface area contributed by atoms with E-state index in [4.69, 9.17) is 4.74 Å². The Kier molecular flexibility index (Phi) is 7.71. The number of rotatable bonds is 8. The second kappa shape index (κ2) is 10.5. The Morgan fingerprint density at radius 3 is 2.59 bits per heavy atom. The van der Waals surface area contributed by atoms with Crippen molar-refractivity contribution in [1.82, 2.24) is 19.8 Å². The molecule has 29 heavy (non-hydrogen) atoms. The van der Waals surface area contributed by atoms with Crippen molar-refractivity contribution in [2.75, 3.05) is 20.3 Å². The van der Waals surface area contributed by atoms with Gasteiger partial charge in [-0.1, -0.05) is 53.6 Å². The molecule has 0 aliphatic heterocycles. The Morgan fingerprint density at radius 1 is 1.24 bits per heavy atom. The Balaban J connectivity index is 1.99. The van der Waals surface area contributed by atoms with E-state index in [0.717, 1.165) is 54.8 Å². The Bertz CT molecular complexity index is 789. The monoisotopic (exact) mass is 416 g/mol. The number of benzene rings is 1. The lowest BCUT2D eigenvalue weighted by Gasteiger charge is -2.39. The fourth-order valence-electron chi connectivity index (χ4n) is 3.80. The van der Waals surface area contributed by atoms with Gasteiger partial charge in [0.25, 0.3) is 5.91 Å². The number of hydrogen-bond donors (Lipinski definition) is 1. The largest absolute Gasteiger partial charge is 0.383 e. The number of nitrogens with zero attached hydrogens (tertiary/aromatic N) is 3. The van der Waals surface area contributed by atoms with Crippen LogP contribution >= 0.6 is 11.5 Å². The van der Waals surface area contributed by atoms with Crippen molar-refractivity contribution < 1.29 is 14.3 Å². The van der Waals surface area contributed by atoms with Gasteiger partial charge in [-0.15, -0.1) is 5.10 Å². The molecule has 1 atom stereocenters. The van der Waals surface area contributed by atoms with Gasteiger partial charge in [0, 0.05) is 25.1 Å². The van der Waals surface area contributed by atoms with Gasteiger partial charge in [-0.05, 0) is 36.9 Å². The maximum absolute atomic E-state index is 13.4. The van der Waals surface area contributed by atoms with Crippen LogP contribution in [-0.2, 0) is 9.53 Å². The van der Waals surface area contributed by atoms with Crippen LogP contribution < -0.4 is 5.32 Å². The second-order valence-electron chi connectivity index (χ2n) is 7.39. The minimum atomic E-state index is -0.718. The number of aromatic nitrogens is 2. The van der Waals surface area contributed by atoms with E-state index in [1.807, 2.05) is 31.2 Å². The molecule has 0 spiro atoms. The van der Waals surface area contributed by atoms with E-state index in [-0.39, 0.29) is 17.9 Å². The molecule has 1 fully saturated rings. The predicted octanol–water partition coefficient (Wildman–Crippen LogP) is 3.13. The van der Waals surface area contributed by atoms with E-state index < -0.39 is 6.04 Å². The summed E-state index contributed by atoms with van der Waals surface area (Å²) in [6, 6.07) is 7.08. The predicted molar refractivity (Wildman–Crippen MR) is 112 cm³/mol. The third kappa shape index (κ3) is 5.39. The molecule has 1 heterocycles. The number of nitrogens with one attached hydrogen (secondary N) is 1. The molecule has 0 saturated heterocycles. The van der Waals surface area contributed by atoms with Gasteiger partial charge >= 0.3 is 0 Å². The number of carbonyl (C=O) groups is 2. The zero-order valence-corrected chi connectivity index (χ0v) is 17.8. The van der Waals surface area contributed by atoms with Crippen molar-refractivity contribution in [2.45, 2.75) is 51.1 Å². The first-order chi connectivity index (χ1) is 14.1. The third-order valence-electron chi connectivity index (χ3n) is 5.31. The second-order valence-corrected chi connectivity index (χ2v) is 8.00. The summed E-state index contributed by atoms with van der Waals surface area (Å²) >= 11 is 1.14. The first-order valence-corrected chi connectivity index (χ1v) is 10.9. The number of ether oxygens (including phenoxy) is 1. The number of aryl methyl sites for hydroxylation is 1. The van der Waals surface area contributed by atoms with E-state index in [9.17, 15) is 9.59 Å². The Hall–Kier alpha value is -2.32. The van der Waals surface area contributed by atoms with Crippen LogP contribution in [0.25, 0.3) is 0 Å². The molecule has 1 aliphatic rings. The normalized spacial score (nSPS) is 15.7. The maximum Gasteiger partial charge on any atom is 0.276 e. The van der Waals surface area contributed by atoms with Crippen molar-refractivity contribution in [1.29, 1.82) is 0 Å². The highest BCUT2D eigenvalue weighted by atomic mass is 32.1. The summed E-state index contributed by atoms with van der Waals surface area (Å²) < 4.78 is 8.91. The molecule has 3 rings (SSSR count). The molecule has 0 bridgehead atoms. The van der Waals surface area contributed by atoms with Gasteiger partial charge in [-0.2, -0.15) is 0 Å². The highest BCUT2D eigenvalue weighted by molar-refractivity contribution is 7.03. The lowest BCUT2D eigenvalue weighted by Crippen LogP contribution is -2.50. The lowest BCUT2D eigenvalue weighted by molar-refractivity contribution is -0.127. The number of amides is 2. The minimum absolute atomic E-state index is 0.00238. The summed E-state index contributed by atoms with van der Waals surface area (Å²) in [5.74, 6) is -0.439. The van der Waals surface area contributed by atoms with Crippen molar-refractivity contribution in [3.63, 3.8) is 0 Å². The van der Waals surface area contributed by atoms with Gasteiger partial charge in [0.2, 0.25) is 5.91 Å². The smallest absolute Gasteiger partial charge is 0.276 e. The molecule has 2 aromatic rings. The van der Waals surface area contributed by atoms with E-state index in [2.05, 4.69) is 14.9 Å². The first-order valence-electron chi connectivity index (χ1n) is 10.0. The summed E-state index contributed by atoms with van der Waals surface area (Å²) in [5, 5.41) is 8.55. The average molecular weight is 417 g/mol. The lowest BCUT2D eigenvalue weighted by atomic mass is 9.91. The summed E-state index contributed by atoms with van der Waals surface area (Å²) in [4.78, 5) is 28.5. The fraction of sp³-hybridized carbons (Fsp3) is 0.524. The van der Waals surface area contributed by atoms with Gasteiger partial charge in [0.05, 0.1) is 6.61 Å². The Morgan fingerprint density at radius 2 is 1.97 bits per heavy atom. The van der Waals surface area contributed by atoms with Gasteiger partial charge < -0.3 is 15.0 Å². The van der Waals surface area contributed by atoms with E-state index >= 15 is 0 Å². The van der Waals surface area contributed by atoms with Gasteiger partial charge in [0.1, 0.15) is 6.04 Å². The molecule has 1 saturated carbocycles. The standard InChI is InChI=1S/C21H28N4O3S/c1-15-8-10-16(11-9-15)19(20(26)22-12-13-28-2)25(17-6-4-3-5-7-17)21(27)18-14-29-24-23-18/h8-11,14,17,19H,3-7,12-13H2,1-2H3,(H,22,26). The molecular formula is C21H28N4O3S. The Labute approximate surface area is 175 Å². The van der Waals surface area contributed by atoms with Crippen LogP contribution in [0.4, 0.5) is 0 Å². The molecule has 7 nitrogen and oxygen atoms in total. The number of hydrogen-bond acceptors (Lipinski definition) is 6. The van der Waals surface area contributed by atoms with Crippen LogP contribution in [0.1, 0.15) is 59.8 Å². The van der Waals surface area contributed by atoms with Crippen molar-refractivity contribution in [3.05, 3.63) is 46.5 Å². The van der Waals surface area contributed by atoms with Gasteiger partial charge in [-0.3, -0.25) is 9.59 Å². The molecule has 1 unspecified atom stereocenters. The third-order valence-corrected chi connectivity index (χ3v) is 5.81. The fourth-order valence-corrected chi connectivity index (χ4v) is 4.23. The highest BCUT2D eigenvalue weighted by Gasteiger charge is 2.38. The summed E-state index contributed by atoms with van der Waals surface area (Å²) in [6.45, 7) is 2.81. The van der Waals surface area contributed by atoms with E-state index in [0.29, 0.717) is 18.8 Å². The molecular weight excluding hydrogens is 388 g/mol. The summed E-state index contributed by atoms with van der Waals surface area (Å²) in [6.07, 6.45) is 5.03. The topological polar surface area (TPSA) is 84.4 Å². The van der Waals surface area contributed by atoms with E-state index in [1.165, 1.54) is 0 Å². The zero-order valence-electron chi connectivity index (χ0n) is 17.0. The molecule has 8 heteroatoms. The quantitative estimate of drug-likeness (QED) is 0.669. The van der Waals surface area contributed by atoms with E-state index in [1.54, 1.807) is 17.4 Å². The highest BCUT2D eigenvalue weighted by Crippen LogP contribution is 2.32. The molecule has 156 valence electrons. The molecule has 1 aromatic carbocycles. The average Bonchev–Trinajstić information content (AvgIpc) is 3.28. The SMILES string of the molecule is COCCNC(=O)C(c1ccc(C)cc1)N(C(=O)c1csnn1)C1CCCCC1. The number of carbonyl (C=O) groups excluding carboxylic acids is 2. The first kappa shape index (κ1) is 21.4. The molecule has 1 aromatic heterocycles. The molecule has 0 radical (unpaired) electrons. The van der Waals surface area contributed by atoms with Crippen molar-refractivity contribution in [3.8, 4) is 0 Å². The van der Waals surface area contributed by atoms with Gasteiger partial charge in [-0.25, -0.2) is 0 Å². The van der Waals surface area contributed by atoms with Gasteiger partial charge in [0.15, 0.2) is 5.69 Å². The van der Waals surface area contributed by atoms with Crippen LogP contribution in [0, 0.1) is 6.92 Å². The summed E-state index contributed by atoms with van der Waals surface area (Å²) in [5.41, 5.74) is 2.20. The maximum atomic E-state index is 13.4. The molecule has 1 aliphatic carbocycles. The van der Waals surface area contributed by atoms with Crippen LogP contribution in [0.5, 0.6) is 0 Å². The van der Waals surface area contributed by atoms with Crippen molar-refractivity contribution in [2.24, 2.45) is 0 Å². The molecule has 1 N–H and O–H groups in total. The zero-order chi connectivity index (χ0) is 20.6. The van der Waals surface area contributed by atoms with Crippen LogP contribution in [0.3, 0.4) is 0 Å². The number of methoxy groups -OCH3 is 1. The van der Waals surface area contributed by atoms with Crippen LogP contribution in [-0.4, -0.2) is 52.6 Å². The summed E-state index contributed by atoms with van der Waals surface area (Å²) in [7, 11) is 1.59. The van der Waals surface area contributed by atoms with Crippen LogP contribution in [0.15, 0.2) is 29.6 Å². The molecule has 2 amide bonds.